The van der Waals surface area contributed by atoms with Crippen LogP contribution in [0.15, 0.2) is 29.3 Å². The van der Waals surface area contributed by atoms with Crippen molar-refractivity contribution in [3.63, 3.8) is 0 Å². The van der Waals surface area contributed by atoms with Crippen molar-refractivity contribution in [1.29, 1.82) is 10.5 Å². The van der Waals surface area contributed by atoms with Crippen LogP contribution in [0, 0.1) is 22.7 Å². The summed E-state index contributed by atoms with van der Waals surface area (Å²) in [5.41, 5.74) is 4.13. The molecule has 0 atom stereocenters. The maximum atomic E-state index is 11.9. The van der Waals surface area contributed by atoms with E-state index in [0.29, 0.717) is 47.1 Å². The van der Waals surface area contributed by atoms with Gasteiger partial charge in [0.1, 0.15) is 23.0 Å². The molecule has 0 bridgehead atoms. The minimum absolute atomic E-state index is 0.235. The molecule has 1 aromatic carbocycles. The molecule has 2 aromatic rings. The third-order valence-electron chi connectivity index (χ3n) is 6.79. The van der Waals surface area contributed by atoms with Crippen LogP contribution in [0.1, 0.15) is 54.0 Å². The van der Waals surface area contributed by atoms with Crippen LogP contribution in [0.4, 0.5) is 5.82 Å². The third kappa shape index (κ3) is 5.78. The lowest BCUT2D eigenvalue weighted by atomic mass is 10.0. The van der Waals surface area contributed by atoms with Gasteiger partial charge in [-0.25, -0.2) is 4.98 Å². The first-order valence-electron chi connectivity index (χ1n) is 12.3. The molecular formula is C27H32N6OS. The number of likely N-dealkylation sites (tertiary alicyclic amines) is 1. The Balaban J connectivity index is 1.55. The zero-order chi connectivity index (χ0) is 24.8. The van der Waals surface area contributed by atoms with Gasteiger partial charge in [0.05, 0.1) is 11.1 Å². The molecule has 182 valence electrons. The van der Waals surface area contributed by atoms with Crippen molar-refractivity contribution in [2.75, 3.05) is 44.7 Å². The Bertz CT molecular complexity index is 1150. The van der Waals surface area contributed by atoms with Crippen molar-refractivity contribution < 1.29 is 4.79 Å². The van der Waals surface area contributed by atoms with Crippen molar-refractivity contribution in [3.8, 4) is 12.1 Å². The number of aromatic nitrogens is 1. The van der Waals surface area contributed by atoms with E-state index in [1.807, 2.05) is 11.8 Å². The van der Waals surface area contributed by atoms with E-state index in [1.165, 1.54) is 0 Å². The summed E-state index contributed by atoms with van der Waals surface area (Å²) in [4.78, 5) is 23.2. The standard InChI is InChI=1S/C27H32N6OS/c1-3-22-23(16-28)26(32-13-5-11-31(2)14-15-32)30-27(24(22)17-29)35-19-21-9-7-20(8-10-21)18-33-12-4-6-25(33)34/h7-10H,3-6,11-15,18-19H2,1-2H3. The molecule has 1 amide bonds. The predicted molar refractivity (Wildman–Crippen MR) is 138 cm³/mol. The molecule has 0 saturated carbocycles. The number of amides is 1. The van der Waals surface area contributed by atoms with Crippen molar-refractivity contribution >= 4 is 23.5 Å². The van der Waals surface area contributed by atoms with Crippen molar-refractivity contribution in [2.24, 2.45) is 0 Å². The molecular weight excluding hydrogens is 456 g/mol. The molecule has 0 N–H and O–H groups in total. The van der Waals surface area contributed by atoms with Gasteiger partial charge in [0.25, 0.3) is 0 Å². The SMILES string of the molecule is CCc1c(C#N)c(SCc2ccc(CN3CCCC3=O)cc2)nc(N2CCCN(C)CC2)c1C#N. The molecule has 3 heterocycles. The van der Waals surface area contributed by atoms with Gasteiger partial charge >= 0.3 is 0 Å². The normalized spacial score (nSPS) is 16.7. The van der Waals surface area contributed by atoms with E-state index in [0.717, 1.165) is 62.3 Å². The molecule has 2 aliphatic heterocycles. The topological polar surface area (TPSA) is 87.3 Å². The van der Waals surface area contributed by atoms with Crippen LogP contribution >= 0.6 is 11.8 Å². The highest BCUT2D eigenvalue weighted by molar-refractivity contribution is 7.98. The third-order valence-corrected chi connectivity index (χ3v) is 7.83. The number of anilines is 1. The Morgan fingerprint density at radius 1 is 0.971 bits per heavy atom. The van der Waals surface area contributed by atoms with Gasteiger partial charge in [-0.2, -0.15) is 10.5 Å². The van der Waals surface area contributed by atoms with Crippen molar-refractivity contribution in [2.45, 2.75) is 49.9 Å². The maximum absolute atomic E-state index is 11.9. The summed E-state index contributed by atoms with van der Waals surface area (Å²) in [6.45, 7) is 7.12. The summed E-state index contributed by atoms with van der Waals surface area (Å²) in [6, 6.07) is 13.0. The molecule has 4 rings (SSSR count). The van der Waals surface area contributed by atoms with Gasteiger partial charge in [0, 0.05) is 44.9 Å². The number of pyridine rings is 1. The average molecular weight is 489 g/mol. The van der Waals surface area contributed by atoms with Gasteiger partial charge in [-0.15, -0.1) is 11.8 Å². The van der Waals surface area contributed by atoms with Crippen molar-refractivity contribution in [3.05, 3.63) is 52.1 Å². The predicted octanol–water partition coefficient (Wildman–Crippen LogP) is 3.94. The minimum Gasteiger partial charge on any atom is -0.354 e. The molecule has 8 heteroatoms. The number of nitriles is 2. The summed E-state index contributed by atoms with van der Waals surface area (Å²) >= 11 is 1.55. The fourth-order valence-corrected chi connectivity index (χ4v) is 5.72. The van der Waals surface area contributed by atoms with Gasteiger partial charge in [0.2, 0.25) is 5.91 Å². The number of nitrogens with zero attached hydrogens (tertiary/aromatic N) is 6. The van der Waals surface area contributed by atoms with Crippen LogP contribution in [0.25, 0.3) is 0 Å². The van der Waals surface area contributed by atoms with E-state index in [1.54, 1.807) is 11.8 Å². The molecule has 1 aromatic heterocycles. The molecule has 0 radical (unpaired) electrons. The molecule has 35 heavy (non-hydrogen) atoms. The lowest BCUT2D eigenvalue weighted by Gasteiger charge is -2.25. The summed E-state index contributed by atoms with van der Waals surface area (Å²) in [7, 11) is 2.12. The van der Waals surface area contributed by atoms with E-state index < -0.39 is 0 Å². The van der Waals surface area contributed by atoms with E-state index in [9.17, 15) is 15.3 Å². The highest BCUT2D eigenvalue weighted by atomic mass is 32.2. The molecule has 0 unspecified atom stereocenters. The summed E-state index contributed by atoms with van der Waals surface area (Å²) in [5, 5.41) is 20.6. The quantitative estimate of drug-likeness (QED) is 0.546. The number of hydrogen-bond acceptors (Lipinski definition) is 7. The van der Waals surface area contributed by atoms with Gasteiger partial charge in [-0.05, 0) is 49.5 Å². The monoisotopic (exact) mass is 488 g/mol. The van der Waals surface area contributed by atoms with Crippen molar-refractivity contribution in [1.82, 2.24) is 14.8 Å². The second-order valence-corrected chi connectivity index (χ2v) is 10.2. The van der Waals surface area contributed by atoms with Crippen LogP contribution in [0.5, 0.6) is 0 Å². The minimum atomic E-state index is 0.235. The molecule has 0 aliphatic carbocycles. The lowest BCUT2D eigenvalue weighted by molar-refractivity contribution is -0.128. The smallest absolute Gasteiger partial charge is 0.222 e. The number of thioether (sulfide) groups is 1. The molecule has 2 saturated heterocycles. The Hall–Kier alpha value is -3.07. The fourth-order valence-electron chi connectivity index (χ4n) is 4.76. The Labute approximate surface area is 212 Å². The Kier molecular flexibility index (Phi) is 8.28. The van der Waals surface area contributed by atoms with E-state index in [2.05, 4.69) is 53.3 Å². The molecule has 0 spiro atoms. The zero-order valence-electron chi connectivity index (χ0n) is 20.6. The number of benzene rings is 1. The maximum Gasteiger partial charge on any atom is 0.222 e. The van der Waals surface area contributed by atoms with Gasteiger partial charge in [0.15, 0.2) is 0 Å². The van der Waals surface area contributed by atoms with Crippen LogP contribution in [0.3, 0.4) is 0 Å². The zero-order valence-corrected chi connectivity index (χ0v) is 21.4. The first kappa shape index (κ1) is 25.0. The Morgan fingerprint density at radius 2 is 1.71 bits per heavy atom. The van der Waals surface area contributed by atoms with Crippen LogP contribution in [-0.4, -0.2) is 60.5 Å². The lowest BCUT2D eigenvalue weighted by Crippen LogP contribution is -2.30. The second kappa shape index (κ2) is 11.6. The molecule has 2 aliphatic rings. The highest BCUT2D eigenvalue weighted by Gasteiger charge is 2.24. The molecule has 7 nitrogen and oxygen atoms in total. The fraction of sp³-hybridized carbons (Fsp3) is 0.481. The summed E-state index contributed by atoms with van der Waals surface area (Å²) in [5.74, 6) is 1.63. The van der Waals surface area contributed by atoms with E-state index >= 15 is 0 Å². The number of likely N-dealkylation sites (N-methyl/N-ethyl adjacent to an activating group) is 1. The summed E-state index contributed by atoms with van der Waals surface area (Å²) < 4.78 is 0. The molecule has 2 fully saturated rings. The van der Waals surface area contributed by atoms with Gasteiger partial charge < -0.3 is 14.7 Å². The van der Waals surface area contributed by atoms with E-state index in [4.69, 9.17) is 4.98 Å². The number of hydrogen-bond donors (Lipinski definition) is 0. The van der Waals surface area contributed by atoms with E-state index in [-0.39, 0.29) is 5.91 Å². The largest absolute Gasteiger partial charge is 0.354 e. The van der Waals surface area contributed by atoms with Gasteiger partial charge in [-0.3, -0.25) is 4.79 Å². The number of carbonyl (C=O) groups excluding carboxylic acids is 1. The van der Waals surface area contributed by atoms with Crippen LogP contribution in [-0.2, 0) is 23.5 Å². The number of rotatable bonds is 7. The first-order chi connectivity index (χ1) is 17.0. The van der Waals surface area contributed by atoms with Crippen LogP contribution in [0.2, 0.25) is 0 Å². The Morgan fingerprint density at radius 3 is 2.37 bits per heavy atom. The van der Waals surface area contributed by atoms with Gasteiger partial charge in [-0.1, -0.05) is 31.2 Å². The second-order valence-electron chi connectivity index (χ2n) is 9.21. The first-order valence-corrected chi connectivity index (χ1v) is 13.3. The number of carbonyl (C=O) groups is 1. The average Bonchev–Trinajstić information content (AvgIpc) is 3.15. The highest BCUT2D eigenvalue weighted by Crippen LogP contribution is 2.34. The van der Waals surface area contributed by atoms with Crippen LogP contribution < -0.4 is 4.90 Å². The summed E-state index contributed by atoms with van der Waals surface area (Å²) in [6.07, 6.45) is 3.24.